The zero-order chi connectivity index (χ0) is 12.3. The zero-order valence-corrected chi connectivity index (χ0v) is 10.8. The lowest BCUT2D eigenvalue weighted by atomic mass is 9.74. The number of ether oxygens (including phenoxy) is 1. The van der Waals surface area contributed by atoms with Gasteiger partial charge in [0.2, 0.25) is 0 Å². The second-order valence-electron chi connectivity index (χ2n) is 5.26. The standard InChI is InChI=1S/C13H24O3/c1-5-16-12(14)11(9(2)3)13(15)8-6-7-10(13)4/h9-11,15H,5-8H2,1-4H3. The van der Waals surface area contributed by atoms with Gasteiger partial charge in [-0.25, -0.2) is 0 Å². The van der Waals surface area contributed by atoms with Crippen molar-refractivity contribution in [2.75, 3.05) is 6.61 Å². The van der Waals surface area contributed by atoms with Crippen LogP contribution in [0.25, 0.3) is 0 Å². The molecular weight excluding hydrogens is 204 g/mol. The first kappa shape index (κ1) is 13.5. The van der Waals surface area contributed by atoms with Crippen LogP contribution >= 0.6 is 0 Å². The number of hydrogen-bond acceptors (Lipinski definition) is 3. The highest BCUT2D eigenvalue weighted by atomic mass is 16.5. The molecule has 0 aromatic rings. The van der Waals surface area contributed by atoms with E-state index in [-0.39, 0.29) is 23.7 Å². The van der Waals surface area contributed by atoms with E-state index < -0.39 is 5.60 Å². The third-order valence-corrected chi connectivity index (χ3v) is 3.81. The largest absolute Gasteiger partial charge is 0.466 e. The highest BCUT2D eigenvalue weighted by Crippen LogP contribution is 2.43. The Balaban J connectivity index is 2.88. The van der Waals surface area contributed by atoms with Crippen LogP contribution in [0.2, 0.25) is 0 Å². The molecule has 3 atom stereocenters. The summed E-state index contributed by atoms with van der Waals surface area (Å²) in [4.78, 5) is 11.9. The average molecular weight is 228 g/mol. The Labute approximate surface area is 98.2 Å². The molecule has 0 aliphatic heterocycles. The Morgan fingerprint density at radius 3 is 2.56 bits per heavy atom. The minimum Gasteiger partial charge on any atom is -0.466 e. The molecule has 3 unspecified atom stereocenters. The van der Waals surface area contributed by atoms with Gasteiger partial charge in [0.25, 0.3) is 0 Å². The van der Waals surface area contributed by atoms with Crippen LogP contribution in [0.4, 0.5) is 0 Å². The van der Waals surface area contributed by atoms with Crippen molar-refractivity contribution in [1.29, 1.82) is 0 Å². The zero-order valence-electron chi connectivity index (χ0n) is 10.8. The molecular formula is C13H24O3. The molecule has 1 rings (SSSR count). The maximum absolute atomic E-state index is 11.9. The molecule has 0 radical (unpaired) electrons. The lowest BCUT2D eigenvalue weighted by Crippen LogP contribution is -2.47. The monoisotopic (exact) mass is 228 g/mol. The van der Waals surface area contributed by atoms with Crippen molar-refractivity contribution in [3.63, 3.8) is 0 Å². The van der Waals surface area contributed by atoms with E-state index >= 15 is 0 Å². The number of rotatable bonds is 4. The summed E-state index contributed by atoms with van der Waals surface area (Å²) in [7, 11) is 0. The van der Waals surface area contributed by atoms with Gasteiger partial charge in [0.05, 0.1) is 18.1 Å². The van der Waals surface area contributed by atoms with Crippen LogP contribution < -0.4 is 0 Å². The smallest absolute Gasteiger partial charge is 0.312 e. The van der Waals surface area contributed by atoms with Gasteiger partial charge in [0.1, 0.15) is 0 Å². The third-order valence-electron chi connectivity index (χ3n) is 3.81. The second kappa shape index (κ2) is 5.17. The molecule has 0 amide bonds. The van der Waals surface area contributed by atoms with Gasteiger partial charge in [-0.1, -0.05) is 27.2 Å². The summed E-state index contributed by atoms with van der Waals surface area (Å²) >= 11 is 0. The molecule has 16 heavy (non-hydrogen) atoms. The molecule has 1 fully saturated rings. The molecule has 0 bridgehead atoms. The molecule has 0 saturated heterocycles. The maximum atomic E-state index is 11.9. The molecule has 1 aliphatic carbocycles. The SMILES string of the molecule is CCOC(=O)C(C(C)C)C1(O)CCCC1C. The van der Waals surface area contributed by atoms with Crippen LogP contribution in [0.5, 0.6) is 0 Å². The quantitative estimate of drug-likeness (QED) is 0.751. The average Bonchev–Trinajstić information content (AvgIpc) is 2.47. The van der Waals surface area contributed by atoms with E-state index in [1.165, 1.54) is 0 Å². The number of hydrogen-bond donors (Lipinski definition) is 1. The first-order valence-corrected chi connectivity index (χ1v) is 6.32. The van der Waals surface area contributed by atoms with Gasteiger partial charge in [-0.3, -0.25) is 4.79 Å². The summed E-state index contributed by atoms with van der Waals surface area (Å²) in [5, 5.41) is 10.7. The molecule has 1 N–H and O–H groups in total. The second-order valence-corrected chi connectivity index (χ2v) is 5.26. The fourth-order valence-electron chi connectivity index (χ4n) is 2.94. The Kier molecular flexibility index (Phi) is 4.36. The van der Waals surface area contributed by atoms with E-state index in [1.807, 2.05) is 20.8 Å². The Hall–Kier alpha value is -0.570. The van der Waals surface area contributed by atoms with Gasteiger partial charge in [-0.15, -0.1) is 0 Å². The Morgan fingerprint density at radius 2 is 2.19 bits per heavy atom. The van der Waals surface area contributed by atoms with Crippen molar-refractivity contribution in [2.45, 2.75) is 52.6 Å². The summed E-state index contributed by atoms with van der Waals surface area (Å²) in [5.41, 5.74) is -0.861. The molecule has 94 valence electrons. The van der Waals surface area contributed by atoms with Crippen molar-refractivity contribution in [1.82, 2.24) is 0 Å². The predicted octanol–water partition coefficient (Wildman–Crippen LogP) is 2.37. The first-order chi connectivity index (χ1) is 7.43. The van der Waals surface area contributed by atoms with Crippen LogP contribution in [0.15, 0.2) is 0 Å². The number of esters is 1. The van der Waals surface area contributed by atoms with E-state index in [2.05, 4.69) is 0 Å². The lowest BCUT2D eigenvalue weighted by molar-refractivity contribution is -0.165. The molecule has 0 aromatic heterocycles. The van der Waals surface area contributed by atoms with Crippen molar-refractivity contribution in [2.24, 2.45) is 17.8 Å². The van der Waals surface area contributed by atoms with E-state index in [4.69, 9.17) is 4.74 Å². The predicted molar refractivity (Wildman–Crippen MR) is 62.9 cm³/mol. The van der Waals surface area contributed by atoms with Gasteiger partial charge >= 0.3 is 5.97 Å². The highest BCUT2D eigenvalue weighted by molar-refractivity contribution is 5.74. The number of carbonyl (C=O) groups excluding carboxylic acids is 1. The van der Waals surface area contributed by atoms with Crippen LogP contribution in [-0.2, 0) is 9.53 Å². The first-order valence-electron chi connectivity index (χ1n) is 6.32. The number of carbonyl (C=O) groups is 1. The molecule has 1 saturated carbocycles. The molecule has 0 aromatic carbocycles. The van der Waals surface area contributed by atoms with E-state index in [0.29, 0.717) is 6.61 Å². The topological polar surface area (TPSA) is 46.5 Å². The third kappa shape index (κ3) is 2.40. The van der Waals surface area contributed by atoms with Crippen LogP contribution in [0.3, 0.4) is 0 Å². The lowest BCUT2D eigenvalue weighted by Gasteiger charge is -2.37. The Morgan fingerprint density at radius 1 is 1.56 bits per heavy atom. The van der Waals surface area contributed by atoms with Gasteiger partial charge in [0.15, 0.2) is 0 Å². The van der Waals surface area contributed by atoms with Gasteiger partial charge in [-0.05, 0) is 31.6 Å². The van der Waals surface area contributed by atoms with Crippen LogP contribution in [0, 0.1) is 17.8 Å². The molecule has 3 nitrogen and oxygen atoms in total. The highest BCUT2D eigenvalue weighted by Gasteiger charge is 2.50. The van der Waals surface area contributed by atoms with Crippen molar-refractivity contribution >= 4 is 5.97 Å². The minimum absolute atomic E-state index is 0.115. The van der Waals surface area contributed by atoms with Crippen molar-refractivity contribution in [3.8, 4) is 0 Å². The maximum Gasteiger partial charge on any atom is 0.312 e. The summed E-state index contributed by atoms with van der Waals surface area (Å²) in [5.74, 6) is -0.326. The summed E-state index contributed by atoms with van der Waals surface area (Å²) in [6.07, 6.45) is 2.72. The summed E-state index contributed by atoms with van der Waals surface area (Å²) in [6.45, 7) is 8.17. The molecule has 3 heteroatoms. The van der Waals surface area contributed by atoms with E-state index in [9.17, 15) is 9.90 Å². The van der Waals surface area contributed by atoms with E-state index in [1.54, 1.807) is 6.92 Å². The van der Waals surface area contributed by atoms with Gasteiger partial charge in [0, 0.05) is 0 Å². The summed E-state index contributed by atoms with van der Waals surface area (Å²) in [6, 6.07) is 0. The van der Waals surface area contributed by atoms with Crippen molar-refractivity contribution < 1.29 is 14.6 Å². The van der Waals surface area contributed by atoms with Crippen LogP contribution in [-0.4, -0.2) is 23.3 Å². The van der Waals surface area contributed by atoms with Crippen molar-refractivity contribution in [3.05, 3.63) is 0 Å². The van der Waals surface area contributed by atoms with Crippen LogP contribution in [0.1, 0.15) is 47.0 Å². The molecule has 0 spiro atoms. The van der Waals surface area contributed by atoms with Gasteiger partial charge < -0.3 is 9.84 Å². The fourth-order valence-corrected chi connectivity index (χ4v) is 2.94. The molecule has 0 heterocycles. The molecule has 1 aliphatic rings. The number of aliphatic hydroxyl groups is 1. The Bertz CT molecular complexity index is 250. The minimum atomic E-state index is -0.861. The van der Waals surface area contributed by atoms with E-state index in [0.717, 1.165) is 19.3 Å². The van der Waals surface area contributed by atoms with Gasteiger partial charge in [-0.2, -0.15) is 0 Å². The normalized spacial score (nSPS) is 31.8. The summed E-state index contributed by atoms with van der Waals surface area (Å²) < 4.78 is 5.09. The fraction of sp³-hybridized carbons (Fsp3) is 0.923.